The monoisotopic (exact) mass is 314 g/mol. The lowest BCUT2D eigenvalue weighted by Gasteiger charge is -2.11. The van der Waals surface area contributed by atoms with Crippen molar-refractivity contribution in [2.75, 3.05) is 0 Å². The third-order valence-corrected chi connectivity index (χ3v) is 3.38. The van der Waals surface area contributed by atoms with Gasteiger partial charge in [-0.25, -0.2) is 0 Å². The quantitative estimate of drug-likeness (QED) is 0.942. The average Bonchev–Trinajstić information content (AvgIpc) is 2.80. The third-order valence-electron chi connectivity index (χ3n) is 2.55. The van der Waals surface area contributed by atoms with E-state index in [1.165, 1.54) is 0 Å². The van der Waals surface area contributed by atoms with Crippen molar-refractivity contribution in [1.82, 2.24) is 9.78 Å². The molecule has 2 rings (SSSR count). The first-order chi connectivity index (χ1) is 8.11. The van der Waals surface area contributed by atoms with Gasteiger partial charge in [-0.2, -0.15) is 5.10 Å². The van der Waals surface area contributed by atoms with Gasteiger partial charge in [-0.05, 0) is 25.1 Å². The Morgan fingerprint density at radius 1 is 1.53 bits per heavy atom. The van der Waals surface area contributed by atoms with Gasteiger partial charge in [-0.3, -0.25) is 4.68 Å². The van der Waals surface area contributed by atoms with Crippen molar-refractivity contribution in [1.29, 1.82) is 0 Å². The number of aromatic nitrogens is 2. The second kappa shape index (κ2) is 5.21. The summed E-state index contributed by atoms with van der Waals surface area (Å²) in [6.07, 6.45) is 2.73. The molecule has 2 aromatic rings. The summed E-state index contributed by atoms with van der Waals surface area (Å²) in [5, 5.41) is 14.9. The van der Waals surface area contributed by atoms with Gasteiger partial charge in [0.15, 0.2) is 0 Å². The molecule has 0 aliphatic carbocycles. The number of halogens is 2. The Labute approximate surface area is 113 Å². The Balaban J connectivity index is 2.35. The van der Waals surface area contributed by atoms with Crippen LogP contribution in [0.15, 0.2) is 35.1 Å². The first-order valence-electron chi connectivity index (χ1n) is 5.27. The summed E-state index contributed by atoms with van der Waals surface area (Å²) in [5.74, 6) is 0. The molecule has 0 aliphatic heterocycles. The van der Waals surface area contributed by atoms with E-state index in [-0.39, 0.29) is 0 Å². The van der Waals surface area contributed by atoms with Gasteiger partial charge in [0.05, 0.1) is 6.20 Å². The van der Waals surface area contributed by atoms with Gasteiger partial charge in [0.2, 0.25) is 0 Å². The topological polar surface area (TPSA) is 38.0 Å². The predicted octanol–water partition coefficient (Wildman–Crippen LogP) is 3.40. The molecular weight excluding hydrogens is 304 g/mol. The molecule has 0 saturated carbocycles. The molecule has 0 bridgehead atoms. The van der Waals surface area contributed by atoms with Gasteiger partial charge < -0.3 is 5.11 Å². The predicted molar refractivity (Wildman–Crippen MR) is 71.1 cm³/mol. The fourth-order valence-electron chi connectivity index (χ4n) is 1.60. The average molecular weight is 316 g/mol. The van der Waals surface area contributed by atoms with E-state index < -0.39 is 6.10 Å². The van der Waals surface area contributed by atoms with E-state index in [0.29, 0.717) is 10.6 Å². The van der Waals surface area contributed by atoms with E-state index in [4.69, 9.17) is 11.6 Å². The highest BCUT2D eigenvalue weighted by atomic mass is 79.9. The molecule has 0 saturated heterocycles. The Hall–Kier alpha value is -0.840. The highest BCUT2D eigenvalue weighted by Gasteiger charge is 2.15. The van der Waals surface area contributed by atoms with Crippen LogP contribution < -0.4 is 0 Å². The zero-order valence-electron chi connectivity index (χ0n) is 9.27. The highest BCUT2D eigenvalue weighted by Crippen LogP contribution is 2.30. The third kappa shape index (κ3) is 2.70. The van der Waals surface area contributed by atoms with E-state index in [9.17, 15) is 5.11 Å². The Kier molecular flexibility index (Phi) is 3.86. The van der Waals surface area contributed by atoms with Gasteiger partial charge in [-0.15, -0.1) is 0 Å². The van der Waals surface area contributed by atoms with Gasteiger partial charge >= 0.3 is 0 Å². The second-order valence-electron chi connectivity index (χ2n) is 3.70. The standard InChI is InChI=1S/C12H12BrClN2O/c1-2-16-7-8(6-15-16)12(17)10-5-9(13)3-4-11(10)14/h3-7,12,17H,2H2,1H3. The SMILES string of the molecule is CCn1cc(C(O)c2cc(Br)ccc2Cl)cn1. The van der Waals surface area contributed by atoms with Gasteiger partial charge in [0.25, 0.3) is 0 Å². The fourth-order valence-corrected chi connectivity index (χ4v) is 2.20. The summed E-state index contributed by atoms with van der Waals surface area (Å²) in [6, 6.07) is 5.42. The van der Waals surface area contributed by atoms with Crippen LogP contribution in [-0.4, -0.2) is 14.9 Å². The van der Waals surface area contributed by atoms with Crippen LogP contribution in [0.5, 0.6) is 0 Å². The molecule has 0 amide bonds. The van der Waals surface area contributed by atoms with Crippen molar-refractivity contribution in [2.24, 2.45) is 0 Å². The summed E-state index contributed by atoms with van der Waals surface area (Å²) in [7, 11) is 0. The van der Waals surface area contributed by atoms with Gasteiger partial charge in [0, 0.05) is 33.4 Å². The molecule has 5 heteroatoms. The van der Waals surface area contributed by atoms with Crippen molar-refractivity contribution >= 4 is 27.5 Å². The maximum Gasteiger partial charge on any atom is 0.109 e. The molecule has 0 spiro atoms. The van der Waals surface area contributed by atoms with Crippen molar-refractivity contribution in [3.8, 4) is 0 Å². The lowest BCUT2D eigenvalue weighted by atomic mass is 10.1. The lowest BCUT2D eigenvalue weighted by Crippen LogP contribution is -2.00. The number of aliphatic hydroxyl groups excluding tert-OH is 1. The van der Waals surface area contributed by atoms with Crippen LogP contribution in [0.2, 0.25) is 5.02 Å². The van der Waals surface area contributed by atoms with Crippen LogP contribution in [0.25, 0.3) is 0 Å². The van der Waals surface area contributed by atoms with Crippen molar-refractivity contribution in [3.05, 3.63) is 51.2 Å². The first-order valence-corrected chi connectivity index (χ1v) is 6.44. The molecule has 1 unspecified atom stereocenters. The number of nitrogens with zero attached hydrogens (tertiary/aromatic N) is 2. The minimum atomic E-state index is -0.750. The van der Waals surface area contributed by atoms with Crippen LogP contribution in [-0.2, 0) is 6.54 Å². The first kappa shape index (κ1) is 12.6. The fraction of sp³-hybridized carbons (Fsp3) is 0.250. The smallest absolute Gasteiger partial charge is 0.109 e. The maximum absolute atomic E-state index is 10.2. The minimum absolute atomic E-state index is 0.546. The molecule has 90 valence electrons. The summed E-state index contributed by atoms with van der Waals surface area (Å²) in [4.78, 5) is 0. The van der Waals surface area contributed by atoms with Crippen LogP contribution >= 0.6 is 27.5 Å². The maximum atomic E-state index is 10.2. The number of aryl methyl sites for hydroxylation is 1. The minimum Gasteiger partial charge on any atom is -0.383 e. The normalized spacial score (nSPS) is 12.7. The second-order valence-corrected chi connectivity index (χ2v) is 5.02. The molecule has 1 aromatic heterocycles. The molecule has 1 N–H and O–H groups in total. The van der Waals surface area contributed by atoms with Crippen molar-refractivity contribution in [2.45, 2.75) is 19.6 Å². The summed E-state index contributed by atoms with van der Waals surface area (Å²) < 4.78 is 2.66. The molecule has 0 aliphatic rings. The zero-order chi connectivity index (χ0) is 12.4. The van der Waals surface area contributed by atoms with E-state index in [1.807, 2.05) is 25.3 Å². The van der Waals surface area contributed by atoms with Gasteiger partial charge in [0.1, 0.15) is 6.10 Å². The van der Waals surface area contributed by atoms with E-state index >= 15 is 0 Å². The highest BCUT2D eigenvalue weighted by molar-refractivity contribution is 9.10. The molecule has 0 fully saturated rings. The number of hydrogen-bond donors (Lipinski definition) is 1. The summed E-state index contributed by atoms with van der Waals surface area (Å²) >= 11 is 9.44. The van der Waals surface area contributed by atoms with E-state index in [1.54, 1.807) is 16.9 Å². The Morgan fingerprint density at radius 2 is 2.29 bits per heavy atom. The van der Waals surface area contributed by atoms with Crippen molar-refractivity contribution in [3.63, 3.8) is 0 Å². The number of hydrogen-bond acceptors (Lipinski definition) is 2. The number of benzene rings is 1. The van der Waals surface area contributed by atoms with E-state index in [0.717, 1.165) is 16.6 Å². The molecule has 3 nitrogen and oxygen atoms in total. The van der Waals surface area contributed by atoms with Crippen LogP contribution in [0.3, 0.4) is 0 Å². The molecule has 1 atom stereocenters. The summed E-state index contributed by atoms with van der Waals surface area (Å²) in [6.45, 7) is 2.77. The summed E-state index contributed by atoms with van der Waals surface area (Å²) in [5.41, 5.74) is 1.42. The Bertz CT molecular complexity index is 527. The molecular formula is C12H12BrClN2O. The van der Waals surface area contributed by atoms with Crippen LogP contribution in [0, 0.1) is 0 Å². The largest absolute Gasteiger partial charge is 0.383 e. The Morgan fingerprint density at radius 3 is 2.94 bits per heavy atom. The molecule has 0 radical (unpaired) electrons. The molecule has 1 heterocycles. The lowest BCUT2D eigenvalue weighted by molar-refractivity contribution is 0.220. The van der Waals surface area contributed by atoms with Gasteiger partial charge in [-0.1, -0.05) is 27.5 Å². The van der Waals surface area contributed by atoms with Crippen LogP contribution in [0.4, 0.5) is 0 Å². The zero-order valence-corrected chi connectivity index (χ0v) is 11.6. The van der Waals surface area contributed by atoms with Crippen molar-refractivity contribution < 1.29 is 5.11 Å². The number of rotatable bonds is 3. The number of aliphatic hydroxyl groups is 1. The van der Waals surface area contributed by atoms with Crippen LogP contribution in [0.1, 0.15) is 24.2 Å². The van der Waals surface area contributed by atoms with E-state index in [2.05, 4.69) is 21.0 Å². The molecule has 1 aromatic carbocycles. The molecule has 17 heavy (non-hydrogen) atoms.